The molecule has 0 fully saturated rings. The Balaban J connectivity index is 2.95. The van der Waals surface area contributed by atoms with Crippen molar-refractivity contribution in [1.82, 2.24) is 0 Å². The van der Waals surface area contributed by atoms with E-state index in [0.29, 0.717) is 39.6 Å². The van der Waals surface area contributed by atoms with Crippen molar-refractivity contribution in [2.75, 3.05) is 52.9 Å². The van der Waals surface area contributed by atoms with Crippen molar-refractivity contribution in [2.45, 2.75) is 45.4 Å². The number of carbonyl (C=O) groups is 1. The highest BCUT2D eigenvalue weighted by atomic mass is 16.6. The maximum atomic E-state index is 10.2. The Morgan fingerprint density at radius 2 is 1.14 bits per heavy atom. The SMILES string of the molecule is CCCCCCCOCCOCCOCCOCCC(=O)O. The van der Waals surface area contributed by atoms with Crippen LogP contribution in [0, 0.1) is 0 Å². The maximum Gasteiger partial charge on any atom is 0.305 e. The van der Waals surface area contributed by atoms with E-state index in [9.17, 15) is 4.79 Å². The molecule has 0 radical (unpaired) electrons. The summed E-state index contributed by atoms with van der Waals surface area (Å²) in [4.78, 5) is 10.2. The molecule has 1 N–H and O–H groups in total. The minimum atomic E-state index is -0.850. The molecule has 0 aromatic heterocycles. The third-order valence-electron chi connectivity index (χ3n) is 2.97. The van der Waals surface area contributed by atoms with E-state index in [-0.39, 0.29) is 13.0 Å². The highest BCUT2D eigenvalue weighted by Crippen LogP contribution is 2.02. The van der Waals surface area contributed by atoms with Crippen molar-refractivity contribution in [3.8, 4) is 0 Å². The van der Waals surface area contributed by atoms with Crippen LogP contribution in [0.5, 0.6) is 0 Å². The van der Waals surface area contributed by atoms with Crippen LogP contribution in [0.25, 0.3) is 0 Å². The van der Waals surface area contributed by atoms with Crippen molar-refractivity contribution < 1.29 is 28.8 Å². The van der Waals surface area contributed by atoms with Crippen molar-refractivity contribution in [3.05, 3.63) is 0 Å². The zero-order valence-electron chi connectivity index (χ0n) is 13.9. The van der Waals surface area contributed by atoms with Gasteiger partial charge in [0.2, 0.25) is 0 Å². The van der Waals surface area contributed by atoms with E-state index in [0.717, 1.165) is 13.0 Å². The van der Waals surface area contributed by atoms with Crippen LogP contribution in [0.15, 0.2) is 0 Å². The van der Waals surface area contributed by atoms with Crippen LogP contribution in [0.3, 0.4) is 0 Å². The molecule has 0 atom stereocenters. The normalized spacial score (nSPS) is 11.0. The number of ether oxygens (including phenoxy) is 4. The first-order valence-electron chi connectivity index (χ1n) is 8.30. The molecule has 0 saturated heterocycles. The van der Waals surface area contributed by atoms with Crippen molar-refractivity contribution in [3.63, 3.8) is 0 Å². The fraction of sp³-hybridized carbons (Fsp3) is 0.938. The minimum Gasteiger partial charge on any atom is -0.481 e. The average molecular weight is 320 g/mol. The van der Waals surface area contributed by atoms with E-state index in [1.807, 2.05) is 0 Å². The van der Waals surface area contributed by atoms with Gasteiger partial charge in [-0.15, -0.1) is 0 Å². The number of carboxylic acids is 1. The lowest BCUT2D eigenvalue weighted by molar-refractivity contribution is -0.138. The molecule has 0 bridgehead atoms. The zero-order valence-corrected chi connectivity index (χ0v) is 13.9. The zero-order chi connectivity index (χ0) is 16.3. The first kappa shape index (κ1) is 21.3. The highest BCUT2D eigenvalue weighted by molar-refractivity contribution is 5.66. The Hall–Kier alpha value is -0.690. The predicted octanol–water partition coefficient (Wildman–Crippen LogP) is 2.50. The van der Waals surface area contributed by atoms with Gasteiger partial charge in [-0.3, -0.25) is 4.79 Å². The third-order valence-corrected chi connectivity index (χ3v) is 2.97. The molecule has 0 aliphatic heterocycles. The molecule has 22 heavy (non-hydrogen) atoms. The van der Waals surface area contributed by atoms with Crippen LogP contribution in [-0.4, -0.2) is 63.9 Å². The maximum absolute atomic E-state index is 10.2. The molecule has 0 heterocycles. The molecule has 0 aromatic rings. The number of hydrogen-bond acceptors (Lipinski definition) is 5. The first-order chi connectivity index (χ1) is 10.8. The van der Waals surface area contributed by atoms with Gasteiger partial charge < -0.3 is 24.1 Å². The smallest absolute Gasteiger partial charge is 0.305 e. The lowest BCUT2D eigenvalue weighted by Gasteiger charge is -2.07. The second-order valence-corrected chi connectivity index (χ2v) is 5.01. The van der Waals surface area contributed by atoms with Gasteiger partial charge in [0.25, 0.3) is 0 Å². The van der Waals surface area contributed by atoms with E-state index in [1.165, 1.54) is 25.7 Å². The Morgan fingerprint density at radius 1 is 0.682 bits per heavy atom. The minimum absolute atomic E-state index is 0.0295. The molecule has 0 saturated carbocycles. The number of hydrogen-bond donors (Lipinski definition) is 1. The van der Waals surface area contributed by atoms with Gasteiger partial charge in [0.05, 0.1) is 52.7 Å². The lowest BCUT2D eigenvalue weighted by Crippen LogP contribution is -2.12. The van der Waals surface area contributed by atoms with Crippen molar-refractivity contribution in [1.29, 1.82) is 0 Å². The molecular weight excluding hydrogens is 288 g/mol. The quantitative estimate of drug-likeness (QED) is 0.391. The van der Waals surface area contributed by atoms with E-state index in [1.54, 1.807) is 0 Å². The fourth-order valence-electron chi connectivity index (χ4n) is 1.73. The summed E-state index contributed by atoms with van der Waals surface area (Å²) in [6.07, 6.45) is 6.29. The summed E-state index contributed by atoms with van der Waals surface area (Å²) in [7, 11) is 0. The molecule has 6 nitrogen and oxygen atoms in total. The van der Waals surface area contributed by atoms with Crippen LogP contribution in [-0.2, 0) is 23.7 Å². The second-order valence-electron chi connectivity index (χ2n) is 5.01. The van der Waals surface area contributed by atoms with Gasteiger partial charge in [0, 0.05) is 6.61 Å². The predicted molar refractivity (Wildman–Crippen MR) is 84.3 cm³/mol. The number of unbranched alkanes of at least 4 members (excludes halogenated alkanes) is 4. The number of aliphatic carboxylic acids is 1. The number of carboxylic acid groups (broad SMARTS) is 1. The van der Waals surface area contributed by atoms with E-state index < -0.39 is 5.97 Å². The summed E-state index contributed by atoms with van der Waals surface area (Å²) in [6.45, 7) is 6.39. The Bertz CT molecular complexity index is 235. The summed E-state index contributed by atoms with van der Waals surface area (Å²) < 4.78 is 21.2. The Kier molecular flexibility index (Phi) is 17.8. The highest BCUT2D eigenvalue weighted by Gasteiger charge is 1.96. The standard InChI is InChI=1S/C16H32O6/c1-2-3-4-5-6-8-19-10-12-21-14-15-22-13-11-20-9-7-16(17)18/h2-15H2,1H3,(H,17,18). The molecule has 132 valence electrons. The molecule has 0 amide bonds. The lowest BCUT2D eigenvalue weighted by atomic mass is 10.2. The van der Waals surface area contributed by atoms with E-state index >= 15 is 0 Å². The van der Waals surface area contributed by atoms with Crippen LogP contribution in [0.2, 0.25) is 0 Å². The van der Waals surface area contributed by atoms with Gasteiger partial charge in [0.1, 0.15) is 0 Å². The summed E-state index contributed by atoms with van der Waals surface area (Å²) in [6, 6.07) is 0. The van der Waals surface area contributed by atoms with E-state index in [2.05, 4.69) is 6.92 Å². The van der Waals surface area contributed by atoms with E-state index in [4.69, 9.17) is 24.1 Å². The summed E-state index contributed by atoms with van der Waals surface area (Å²) in [5.41, 5.74) is 0. The van der Waals surface area contributed by atoms with Gasteiger partial charge in [-0.05, 0) is 6.42 Å². The van der Waals surface area contributed by atoms with Crippen LogP contribution < -0.4 is 0 Å². The van der Waals surface area contributed by atoms with Crippen molar-refractivity contribution in [2.24, 2.45) is 0 Å². The Labute approximate surface area is 134 Å². The molecule has 0 rings (SSSR count). The molecule has 0 aliphatic rings. The third kappa shape index (κ3) is 19.3. The van der Waals surface area contributed by atoms with Crippen LogP contribution in [0.1, 0.15) is 45.4 Å². The second kappa shape index (κ2) is 18.4. The summed E-state index contributed by atoms with van der Waals surface area (Å²) in [5.74, 6) is -0.850. The molecule has 6 heteroatoms. The van der Waals surface area contributed by atoms with Gasteiger partial charge in [-0.25, -0.2) is 0 Å². The molecule has 0 aromatic carbocycles. The first-order valence-corrected chi connectivity index (χ1v) is 8.30. The summed E-state index contributed by atoms with van der Waals surface area (Å²) >= 11 is 0. The molecule has 0 spiro atoms. The molecule has 0 aliphatic carbocycles. The van der Waals surface area contributed by atoms with Gasteiger partial charge in [0.15, 0.2) is 0 Å². The number of rotatable bonds is 18. The summed E-state index contributed by atoms with van der Waals surface area (Å²) in [5, 5.41) is 8.40. The van der Waals surface area contributed by atoms with Crippen LogP contribution >= 0.6 is 0 Å². The average Bonchev–Trinajstić information content (AvgIpc) is 2.50. The van der Waals surface area contributed by atoms with Gasteiger partial charge in [-0.2, -0.15) is 0 Å². The molecule has 0 unspecified atom stereocenters. The Morgan fingerprint density at radius 3 is 1.64 bits per heavy atom. The monoisotopic (exact) mass is 320 g/mol. The largest absolute Gasteiger partial charge is 0.481 e. The van der Waals surface area contributed by atoms with Crippen LogP contribution in [0.4, 0.5) is 0 Å². The fourth-order valence-corrected chi connectivity index (χ4v) is 1.73. The van der Waals surface area contributed by atoms with Gasteiger partial charge >= 0.3 is 5.97 Å². The van der Waals surface area contributed by atoms with Gasteiger partial charge in [-0.1, -0.05) is 32.6 Å². The topological polar surface area (TPSA) is 74.2 Å². The van der Waals surface area contributed by atoms with Crippen molar-refractivity contribution >= 4 is 5.97 Å². The molecular formula is C16H32O6.